The van der Waals surface area contributed by atoms with Crippen LogP contribution in [0.5, 0.6) is 0 Å². The highest BCUT2D eigenvalue weighted by Crippen LogP contribution is 2.20. The van der Waals surface area contributed by atoms with Crippen molar-refractivity contribution in [2.75, 3.05) is 13.6 Å². The zero-order valence-electron chi connectivity index (χ0n) is 14.2. The molecule has 1 saturated carbocycles. The van der Waals surface area contributed by atoms with Crippen molar-refractivity contribution in [2.24, 2.45) is 0 Å². The number of benzene rings is 1. The fourth-order valence-corrected chi connectivity index (χ4v) is 2.86. The van der Waals surface area contributed by atoms with Gasteiger partial charge in [0.2, 0.25) is 5.91 Å². The Morgan fingerprint density at radius 1 is 1.23 bits per heavy atom. The van der Waals surface area contributed by atoms with Crippen LogP contribution in [0.4, 0.5) is 0 Å². The quantitative estimate of drug-likeness (QED) is 0.810. The maximum absolute atomic E-state index is 12.2. The van der Waals surface area contributed by atoms with E-state index in [0.717, 1.165) is 19.4 Å². The molecule has 122 valence electrons. The van der Waals surface area contributed by atoms with Crippen LogP contribution < -0.4 is 10.6 Å². The Hall–Kier alpha value is -1.39. The van der Waals surface area contributed by atoms with E-state index in [1.807, 2.05) is 7.05 Å². The van der Waals surface area contributed by atoms with Gasteiger partial charge in [-0.2, -0.15) is 0 Å². The van der Waals surface area contributed by atoms with Gasteiger partial charge in [-0.25, -0.2) is 0 Å². The molecular weight excluding hydrogens is 274 g/mol. The van der Waals surface area contributed by atoms with E-state index in [1.165, 1.54) is 11.1 Å². The van der Waals surface area contributed by atoms with Gasteiger partial charge >= 0.3 is 0 Å². The normalized spacial score (nSPS) is 21.0. The van der Waals surface area contributed by atoms with Crippen molar-refractivity contribution < 1.29 is 4.79 Å². The molecule has 0 heterocycles. The van der Waals surface area contributed by atoms with E-state index in [-0.39, 0.29) is 5.91 Å². The summed E-state index contributed by atoms with van der Waals surface area (Å²) in [5.41, 5.74) is 2.50. The number of amides is 1. The fraction of sp³-hybridized carbons (Fsp3) is 0.611. The van der Waals surface area contributed by atoms with Crippen LogP contribution in [0.1, 0.15) is 37.8 Å². The van der Waals surface area contributed by atoms with E-state index in [2.05, 4.69) is 60.6 Å². The molecule has 1 fully saturated rings. The van der Waals surface area contributed by atoms with Gasteiger partial charge in [0.1, 0.15) is 0 Å². The topological polar surface area (TPSA) is 44.4 Å². The summed E-state index contributed by atoms with van der Waals surface area (Å²) in [5, 5.41) is 6.66. The van der Waals surface area contributed by atoms with Gasteiger partial charge < -0.3 is 10.6 Å². The minimum Gasteiger partial charge on any atom is -0.351 e. The smallest absolute Gasteiger partial charge is 0.234 e. The van der Waals surface area contributed by atoms with E-state index < -0.39 is 0 Å². The summed E-state index contributed by atoms with van der Waals surface area (Å²) in [6.07, 6.45) is 2.24. The maximum atomic E-state index is 12.2. The van der Waals surface area contributed by atoms with Crippen LogP contribution in [0, 0.1) is 6.92 Å². The van der Waals surface area contributed by atoms with Crippen LogP contribution in [-0.4, -0.2) is 42.5 Å². The molecule has 1 aromatic rings. The Balaban J connectivity index is 1.73. The molecule has 22 heavy (non-hydrogen) atoms. The van der Waals surface area contributed by atoms with Gasteiger partial charge in [0, 0.05) is 24.7 Å². The molecule has 0 saturated heterocycles. The Bertz CT molecular complexity index is 484. The van der Waals surface area contributed by atoms with Crippen LogP contribution >= 0.6 is 0 Å². The number of likely N-dealkylation sites (N-methyl/N-ethyl adjacent to an activating group) is 1. The number of nitrogens with zero attached hydrogens (tertiary/aromatic N) is 1. The standard InChI is InChI=1S/C18H29N3O/c1-13(2)19-16-9-10-17(16)20-18(22)12-21(4)11-15-7-5-14(3)6-8-15/h5-8,13,16-17,19H,9-12H2,1-4H3,(H,20,22). The van der Waals surface area contributed by atoms with Crippen LogP contribution in [0.25, 0.3) is 0 Å². The first-order valence-electron chi connectivity index (χ1n) is 8.23. The van der Waals surface area contributed by atoms with Crippen molar-refractivity contribution in [1.82, 2.24) is 15.5 Å². The zero-order chi connectivity index (χ0) is 16.1. The molecule has 0 bridgehead atoms. The van der Waals surface area contributed by atoms with Gasteiger partial charge in [0.05, 0.1) is 6.54 Å². The van der Waals surface area contributed by atoms with Gasteiger partial charge in [-0.3, -0.25) is 9.69 Å². The van der Waals surface area contributed by atoms with Crippen molar-refractivity contribution >= 4 is 5.91 Å². The minimum absolute atomic E-state index is 0.120. The average Bonchev–Trinajstić information content (AvgIpc) is 2.43. The van der Waals surface area contributed by atoms with Crippen LogP contribution in [0.2, 0.25) is 0 Å². The third-order valence-corrected chi connectivity index (χ3v) is 4.15. The van der Waals surface area contributed by atoms with Crippen molar-refractivity contribution in [3.05, 3.63) is 35.4 Å². The molecule has 0 spiro atoms. The van der Waals surface area contributed by atoms with Gasteiger partial charge in [-0.05, 0) is 32.4 Å². The molecule has 4 nitrogen and oxygen atoms in total. The zero-order valence-corrected chi connectivity index (χ0v) is 14.2. The van der Waals surface area contributed by atoms with Crippen molar-refractivity contribution in [2.45, 2.75) is 58.3 Å². The number of nitrogens with one attached hydrogen (secondary N) is 2. The summed E-state index contributed by atoms with van der Waals surface area (Å²) in [6.45, 7) is 7.62. The Morgan fingerprint density at radius 3 is 2.41 bits per heavy atom. The molecule has 0 radical (unpaired) electrons. The fourth-order valence-electron chi connectivity index (χ4n) is 2.86. The molecule has 1 aromatic carbocycles. The molecule has 0 aromatic heterocycles. The third kappa shape index (κ3) is 5.11. The Morgan fingerprint density at radius 2 is 1.86 bits per heavy atom. The minimum atomic E-state index is 0.120. The molecule has 1 amide bonds. The van der Waals surface area contributed by atoms with Crippen molar-refractivity contribution in [3.8, 4) is 0 Å². The second-order valence-electron chi connectivity index (χ2n) is 6.84. The summed E-state index contributed by atoms with van der Waals surface area (Å²) in [7, 11) is 1.99. The third-order valence-electron chi connectivity index (χ3n) is 4.15. The Kier molecular flexibility index (Phi) is 5.98. The molecule has 1 aliphatic carbocycles. The van der Waals surface area contributed by atoms with E-state index in [1.54, 1.807) is 0 Å². The number of hydrogen-bond acceptors (Lipinski definition) is 3. The second kappa shape index (κ2) is 7.75. The van der Waals surface area contributed by atoms with Crippen LogP contribution in [-0.2, 0) is 11.3 Å². The van der Waals surface area contributed by atoms with Gasteiger partial charge in [-0.15, -0.1) is 0 Å². The van der Waals surface area contributed by atoms with E-state index >= 15 is 0 Å². The van der Waals surface area contributed by atoms with Crippen LogP contribution in [0.3, 0.4) is 0 Å². The van der Waals surface area contributed by atoms with Gasteiger partial charge in [0.15, 0.2) is 0 Å². The van der Waals surface area contributed by atoms with Gasteiger partial charge in [0.25, 0.3) is 0 Å². The lowest BCUT2D eigenvalue weighted by molar-refractivity contribution is -0.123. The molecule has 2 rings (SSSR count). The highest BCUT2D eigenvalue weighted by atomic mass is 16.2. The SMILES string of the molecule is Cc1ccc(CN(C)CC(=O)NC2CCC2NC(C)C)cc1. The lowest BCUT2D eigenvalue weighted by Crippen LogP contribution is -2.59. The average molecular weight is 303 g/mol. The number of carbonyl (C=O) groups is 1. The van der Waals surface area contributed by atoms with Crippen molar-refractivity contribution in [1.29, 1.82) is 0 Å². The van der Waals surface area contributed by atoms with Gasteiger partial charge in [-0.1, -0.05) is 43.7 Å². The number of aryl methyl sites for hydroxylation is 1. The first-order chi connectivity index (χ1) is 10.4. The van der Waals surface area contributed by atoms with Crippen LogP contribution in [0.15, 0.2) is 24.3 Å². The lowest BCUT2D eigenvalue weighted by Gasteiger charge is -2.39. The molecule has 1 aliphatic rings. The van der Waals surface area contributed by atoms with E-state index in [0.29, 0.717) is 24.7 Å². The summed E-state index contributed by atoms with van der Waals surface area (Å²) in [5.74, 6) is 0.120. The number of hydrogen-bond donors (Lipinski definition) is 2. The molecule has 4 heteroatoms. The monoisotopic (exact) mass is 303 g/mol. The highest BCUT2D eigenvalue weighted by Gasteiger charge is 2.32. The molecule has 2 N–H and O–H groups in total. The number of carbonyl (C=O) groups excluding carboxylic acids is 1. The molecule has 2 atom stereocenters. The largest absolute Gasteiger partial charge is 0.351 e. The van der Waals surface area contributed by atoms with E-state index in [9.17, 15) is 4.79 Å². The Labute approximate surface area is 134 Å². The highest BCUT2D eigenvalue weighted by molar-refractivity contribution is 5.78. The van der Waals surface area contributed by atoms with E-state index in [4.69, 9.17) is 0 Å². The molecule has 0 aliphatic heterocycles. The summed E-state index contributed by atoms with van der Waals surface area (Å²) in [6, 6.07) is 9.67. The van der Waals surface area contributed by atoms with Crippen molar-refractivity contribution in [3.63, 3.8) is 0 Å². The lowest BCUT2D eigenvalue weighted by atomic mass is 9.86. The molecule has 2 unspecified atom stereocenters. The summed E-state index contributed by atoms with van der Waals surface area (Å²) < 4.78 is 0. The molecular formula is C18H29N3O. The summed E-state index contributed by atoms with van der Waals surface area (Å²) in [4.78, 5) is 14.2. The predicted molar refractivity (Wildman–Crippen MR) is 90.7 cm³/mol. The predicted octanol–water partition coefficient (Wildman–Crippen LogP) is 2.07. The summed E-state index contributed by atoms with van der Waals surface area (Å²) >= 11 is 0. The second-order valence-corrected chi connectivity index (χ2v) is 6.84. The first kappa shape index (κ1) is 17.0. The number of rotatable bonds is 7. The maximum Gasteiger partial charge on any atom is 0.234 e. The first-order valence-corrected chi connectivity index (χ1v) is 8.23.